The van der Waals surface area contributed by atoms with Crippen LogP contribution in [0.3, 0.4) is 0 Å². The van der Waals surface area contributed by atoms with Crippen LogP contribution in [0.2, 0.25) is 0 Å². The first-order valence-electron chi connectivity index (χ1n) is 10.2. The molecule has 1 atom stereocenters. The van der Waals surface area contributed by atoms with Crippen LogP contribution in [0.25, 0.3) is 0 Å². The Hall–Kier alpha value is -3.35. The Morgan fingerprint density at radius 3 is 2.06 bits per heavy atom. The van der Waals surface area contributed by atoms with Crippen molar-refractivity contribution in [2.45, 2.75) is 46.2 Å². The van der Waals surface area contributed by atoms with Gasteiger partial charge in [-0.2, -0.15) is 0 Å². The summed E-state index contributed by atoms with van der Waals surface area (Å²) >= 11 is 0. The zero-order valence-electron chi connectivity index (χ0n) is 18.9. The van der Waals surface area contributed by atoms with Crippen LogP contribution >= 0.6 is 0 Å². The van der Waals surface area contributed by atoms with Gasteiger partial charge in [0.15, 0.2) is 0 Å². The maximum Gasteiger partial charge on any atom is 0.255 e. The fourth-order valence-electron chi connectivity index (χ4n) is 2.92. The maximum atomic E-state index is 12.8. The molecule has 2 aromatic rings. The summed E-state index contributed by atoms with van der Waals surface area (Å²) in [5.74, 6) is -0.623. The molecule has 0 saturated heterocycles. The van der Waals surface area contributed by atoms with Crippen molar-refractivity contribution in [2.75, 3.05) is 12.4 Å². The Kier molecular flexibility index (Phi) is 7.80. The molecule has 0 aliphatic heterocycles. The number of carbonyl (C=O) groups excluding carboxylic acids is 3. The van der Waals surface area contributed by atoms with Crippen LogP contribution in [0.4, 0.5) is 5.69 Å². The summed E-state index contributed by atoms with van der Waals surface area (Å²) in [7, 11) is 1.49. The standard InChI is InChI=1S/C24H31N3O4/c1-15(2)20(26-22(29)18-9-7-8-10-19(18)31-6)23(30)25-17-13-11-16(12-14-17)21(28)27-24(3,4)5/h7-15,20H,1-6H3,(H,25,30)(H,26,29)(H,27,28). The van der Waals surface area contributed by atoms with E-state index in [1.807, 2.05) is 34.6 Å². The number of rotatable bonds is 7. The Morgan fingerprint density at radius 2 is 1.52 bits per heavy atom. The van der Waals surface area contributed by atoms with Crippen LogP contribution in [-0.2, 0) is 4.79 Å². The van der Waals surface area contributed by atoms with Crippen molar-refractivity contribution < 1.29 is 19.1 Å². The van der Waals surface area contributed by atoms with E-state index in [1.165, 1.54) is 7.11 Å². The third-order valence-corrected chi connectivity index (χ3v) is 4.49. The first kappa shape index (κ1) is 23.9. The van der Waals surface area contributed by atoms with Gasteiger partial charge in [0.1, 0.15) is 11.8 Å². The molecule has 0 aromatic heterocycles. The minimum atomic E-state index is -0.749. The molecule has 0 aliphatic carbocycles. The molecule has 7 nitrogen and oxygen atoms in total. The van der Waals surface area contributed by atoms with E-state index < -0.39 is 6.04 Å². The van der Waals surface area contributed by atoms with Gasteiger partial charge in [0, 0.05) is 16.8 Å². The number of amides is 3. The highest BCUT2D eigenvalue weighted by molar-refractivity contribution is 6.02. The van der Waals surface area contributed by atoms with Crippen molar-refractivity contribution in [3.05, 3.63) is 59.7 Å². The predicted molar refractivity (Wildman–Crippen MR) is 121 cm³/mol. The zero-order valence-corrected chi connectivity index (χ0v) is 18.9. The van der Waals surface area contributed by atoms with Gasteiger partial charge in [0.05, 0.1) is 12.7 Å². The summed E-state index contributed by atoms with van der Waals surface area (Å²) in [4.78, 5) is 37.8. The molecule has 2 rings (SSSR count). The Morgan fingerprint density at radius 1 is 0.903 bits per heavy atom. The highest BCUT2D eigenvalue weighted by Gasteiger charge is 2.26. The quantitative estimate of drug-likeness (QED) is 0.631. The molecule has 0 bridgehead atoms. The second-order valence-electron chi connectivity index (χ2n) is 8.67. The van der Waals surface area contributed by atoms with E-state index >= 15 is 0 Å². The number of hydrogen-bond acceptors (Lipinski definition) is 4. The summed E-state index contributed by atoms with van der Waals surface area (Å²) in [5, 5.41) is 8.49. The molecular formula is C24H31N3O4. The normalized spacial score (nSPS) is 12.1. The van der Waals surface area contributed by atoms with Crippen molar-refractivity contribution in [2.24, 2.45) is 5.92 Å². The maximum absolute atomic E-state index is 12.8. The molecule has 0 aliphatic rings. The molecule has 166 valence electrons. The molecule has 0 radical (unpaired) electrons. The van der Waals surface area contributed by atoms with Gasteiger partial charge in [-0.25, -0.2) is 0 Å². The molecule has 7 heteroatoms. The number of carbonyl (C=O) groups is 3. The minimum absolute atomic E-state index is 0.143. The average molecular weight is 426 g/mol. The average Bonchev–Trinajstić information content (AvgIpc) is 2.70. The van der Waals surface area contributed by atoms with E-state index in [9.17, 15) is 14.4 Å². The molecule has 2 aromatic carbocycles. The molecule has 31 heavy (non-hydrogen) atoms. The van der Waals surface area contributed by atoms with Crippen molar-refractivity contribution >= 4 is 23.4 Å². The first-order chi connectivity index (χ1) is 14.5. The number of methoxy groups -OCH3 is 1. The lowest BCUT2D eigenvalue weighted by atomic mass is 10.0. The first-order valence-corrected chi connectivity index (χ1v) is 10.2. The summed E-state index contributed by atoms with van der Waals surface area (Å²) in [5.41, 5.74) is 1.05. The number of para-hydroxylation sites is 1. The number of ether oxygens (including phenoxy) is 1. The molecule has 3 N–H and O–H groups in total. The number of anilines is 1. The molecule has 0 heterocycles. The summed E-state index contributed by atoms with van der Waals surface area (Å²) in [6, 6.07) is 12.7. The predicted octanol–water partition coefficient (Wildman–Crippen LogP) is 3.62. The molecule has 1 unspecified atom stereocenters. The van der Waals surface area contributed by atoms with E-state index in [-0.39, 0.29) is 29.2 Å². The fourth-order valence-corrected chi connectivity index (χ4v) is 2.92. The lowest BCUT2D eigenvalue weighted by Gasteiger charge is -2.22. The third kappa shape index (κ3) is 6.84. The van der Waals surface area contributed by atoms with Crippen molar-refractivity contribution in [3.63, 3.8) is 0 Å². The number of benzene rings is 2. The van der Waals surface area contributed by atoms with Crippen molar-refractivity contribution in [3.8, 4) is 5.75 Å². The van der Waals surface area contributed by atoms with Crippen molar-refractivity contribution in [1.82, 2.24) is 10.6 Å². The van der Waals surface area contributed by atoms with E-state index in [2.05, 4.69) is 16.0 Å². The van der Waals surface area contributed by atoms with Crippen LogP contribution in [0.15, 0.2) is 48.5 Å². The van der Waals surface area contributed by atoms with E-state index in [0.29, 0.717) is 22.6 Å². The SMILES string of the molecule is COc1ccccc1C(=O)NC(C(=O)Nc1ccc(C(=O)NC(C)(C)C)cc1)C(C)C. The molecule has 0 fully saturated rings. The van der Waals surface area contributed by atoms with Gasteiger partial charge >= 0.3 is 0 Å². The smallest absolute Gasteiger partial charge is 0.255 e. The van der Waals surface area contributed by atoms with Gasteiger partial charge in [-0.15, -0.1) is 0 Å². The monoisotopic (exact) mass is 425 g/mol. The topological polar surface area (TPSA) is 96.5 Å². The molecule has 0 spiro atoms. The second kappa shape index (κ2) is 10.1. The lowest BCUT2D eigenvalue weighted by molar-refractivity contribution is -0.118. The summed E-state index contributed by atoms with van der Waals surface area (Å²) in [6.45, 7) is 9.43. The third-order valence-electron chi connectivity index (χ3n) is 4.49. The van der Waals surface area contributed by atoms with Gasteiger partial charge in [0.2, 0.25) is 5.91 Å². The van der Waals surface area contributed by atoms with Crippen molar-refractivity contribution in [1.29, 1.82) is 0 Å². The minimum Gasteiger partial charge on any atom is -0.496 e. The second-order valence-corrected chi connectivity index (χ2v) is 8.67. The Balaban J connectivity index is 2.09. The highest BCUT2D eigenvalue weighted by atomic mass is 16.5. The summed E-state index contributed by atoms with van der Waals surface area (Å²) < 4.78 is 5.23. The Bertz CT molecular complexity index is 931. The molecule has 3 amide bonds. The van der Waals surface area contributed by atoms with Crippen LogP contribution in [0.5, 0.6) is 5.75 Å². The van der Waals surface area contributed by atoms with Gasteiger partial charge in [-0.1, -0.05) is 26.0 Å². The number of hydrogen-bond donors (Lipinski definition) is 3. The van der Waals surface area contributed by atoms with Gasteiger partial charge in [-0.3, -0.25) is 14.4 Å². The van der Waals surface area contributed by atoms with Crippen LogP contribution in [-0.4, -0.2) is 36.4 Å². The van der Waals surface area contributed by atoms with Crippen LogP contribution in [0, 0.1) is 5.92 Å². The highest BCUT2D eigenvalue weighted by Crippen LogP contribution is 2.18. The van der Waals surface area contributed by atoms with Gasteiger partial charge in [0.25, 0.3) is 11.8 Å². The Labute approximate surface area is 183 Å². The zero-order chi connectivity index (χ0) is 23.2. The van der Waals surface area contributed by atoms with Crippen LogP contribution in [0.1, 0.15) is 55.3 Å². The number of nitrogens with one attached hydrogen (secondary N) is 3. The van der Waals surface area contributed by atoms with Gasteiger partial charge in [-0.05, 0) is 63.1 Å². The van der Waals surface area contributed by atoms with Gasteiger partial charge < -0.3 is 20.7 Å². The van der Waals surface area contributed by atoms with E-state index in [4.69, 9.17) is 4.74 Å². The summed E-state index contributed by atoms with van der Waals surface area (Å²) in [6.07, 6.45) is 0. The fraction of sp³-hybridized carbons (Fsp3) is 0.375. The largest absolute Gasteiger partial charge is 0.496 e. The van der Waals surface area contributed by atoms with E-state index in [1.54, 1.807) is 48.5 Å². The van der Waals surface area contributed by atoms with Crippen LogP contribution < -0.4 is 20.7 Å². The molecule has 0 saturated carbocycles. The van der Waals surface area contributed by atoms with E-state index in [0.717, 1.165) is 0 Å². The molecular weight excluding hydrogens is 394 g/mol. The lowest BCUT2D eigenvalue weighted by Crippen LogP contribution is -2.47.